The molecule has 26 heavy (non-hydrogen) atoms. The third kappa shape index (κ3) is 3.67. The Morgan fingerprint density at radius 2 is 2.08 bits per heavy atom. The molecule has 4 rings (SSSR count). The van der Waals surface area contributed by atoms with Gasteiger partial charge in [0.2, 0.25) is 0 Å². The van der Waals surface area contributed by atoms with Gasteiger partial charge < -0.3 is 5.32 Å². The van der Waals surface area contributed by atoms with Gasteiger partial charge in [-0.25, -0.2) is 0 Å². The van der Waals surface area contributed by atoms with Gasteiger partial charge in [-0.3, -0.25) is 19.5 Å². The van der Waals surface area contributed by atoms with Gasteiger partial charge in [-0.15, -0.1) is 0 Å². The number of amidine groups is 1. The molecule has 1 aromatic carbocycles. The van der Waals surface area contributed by atoms with Crippen LogP contribution in [-0.4, -0.2) is 38.1 Å². The predicted octanol–water partition coefficient (Wildman–Crippen LogP) is 2.83. The van der Waals surface area contributed by atoms with Gasteiger partial charge >= 0.3 is 0 Å². The van der Waals surface area contributed by atoms with E-state index in [1.807, 2.05) is 42.5 Å². The molecule has 130 valence electrons. The van der Waals surface area contributed by atoms with Crippen molar-refractivity contribution in [2.45, 2.75) is 6.54 Å². The lowest BCUT2D eigenvalue weighted by Crippen LogP contribution is -2.27. The van der Waals surface area contributed by atoms with Gasteiger partial charge in [0.05, 0.1) is 18.7 Å². The molecule has 0 saturated heterocycles. The average molecular weight is 363 g/mol. The summed E-state index contributed by atoms with van der Waals surface area (Å²) in [4.78, 5) is 21.2. The number of carbonyl (C=O) groups excluding carboxylic acids is 1. The number of nitrogens with zero attached hydrogens (tertiary/aromatic N) is 4. The van der Waals surface area contributed by atoms with E-state index in [4.69, 9.17) is 0 Å². The van der Waals surface area contributed by atoms with Gasteiger partial charge in [-0.05, 0) is 17.7 Å². The van der Waals surface area contributed by atoms with Gasteiger partial charge in [0.15, 0.2) is 5.17 Å². The number of pyridine rings is 1. The fourth-order valence-corrected chi connectivity index (χ4v) is 3.45. The zero-order chi connectivity index (χ0) is 17.8. The van der Waals surface area contributed by atoms with Crippen LogP contribution >= 0.6 is 11.8 Å². The first kappa shape index (κ1) is 16.5. The van der Waals surface area contributed by atoms with Crippen LogP contribution in [0.3, 0.4) is 0 Å². The largest absolute Gasteiger partial charge is 0.301 e. The first-order chi connectivity index (χ1) is 12.8. The normalized spacial score (nSPS) is 13.5. The van der Waals surface area contributed by atoms with Crippen molar-refractivity contribution in [1.82, 2.24) is 20.1 Å². The zero-order valence-electron chi connectivity index (χ0n) is 14.0. The number of aliphatic imine (C=N–C) groups is 1. The van der Waals surface area contributed by atoms with Crippen molar-refractivity contribution in [1.29, 1.82) is 0 Å². The molecule has 0 radical (unpaired) electrons. The van der Waals surface area contributed by atoms with Crippen molar-refractivity contribution in [2.75, 3.05) is 12.3 Å². The molecule has 6 nitrogen and oxygen atoms in total. The second-order valence-corrected chi connectivity index (χ2v) is 6.89. The number of nitrogens with one attached hydrogen (secondary N) is 1. The Labute approximate surface area is 155 Å². The molecule has 0 unspecified atom stereocenters. The second kappa shape index (κ2) is 7.53. The van der Waals surface area contributed by atoms with E-state index in [-0.39, 0.29) is 5.91 Å². The molecule has 0 atom stereocenters. The minimum atomic E-state index is -0.198. The van der Waals surface area contributed by atoms with Gasteiger partial charge in [0, 0.05) is 29.9 Å². The Bertz CT molecular complexity index is 937. The maximum atomic E-state index is 12.8. The molecule has 3 heterocycles. The summed E-state index contributed by atoms with van der Waals surface area (Å²) in [6.07, 6.45) is 5.20. The van der Waals surface area contributed by atoms with Crippen LogP contribution in [0.15, 0.2) is 66.0 Å². The number of carbonyl (C=O) groups is 1. The van der Waals surface area contributed by atoms with Crippen molar-refractivity contribution in [3.05, 3.63) is 72.2 Å². The Balaban J connectivity index is 1.67. The fraction of sp³-hybridized carbons (Fsp3) is 0.158. The van der Waals surface area contributed by atoms with Gasteiger partial charge in [0.1, 0.15) is 5.69 Å². The molecule has 0 saturated carbocycles. The highest BCUT2D eigenvalue weighted by molar-refractivity contribution is 8.14. The van der Waals surface area contributed by atoms with Crippen LogP contribution in [-0.2, 0) is 6.54 Å². The molecule has 7 heteroatoms. The lowest BCUT2D eigenvalue weighted by atomic mass is 10.1. The van der Waals surface area contributed by atoms with E-state index >= 15 is 0 Å². The third-order valence-corrected chi connectivity index (χ3v) is 4.83. The topological polar surface area (TPSA) is 72.2 Å². The molecule has 1 aliphatic heterocycles. The zero-order valence-corrected chi connectivity index (χ0v) is 14.8. The van der Waals surface area contributed by atoms with E-state index in [0.29, 0.717) is 23.0 Å². The lowest BCUT2D eigenvalue weighted by molar-refractivity contribution is 0.0978. The maximum Gasteiger partial charge on any atom is 0.261 e. The summed E-state index contributed by atoms with van der Waals surface area (Å²) in [6, 6.07) is 13.8. The SMILES string of the molecule is O=C(NC1=NCCS1)c1cn(Cc2ccccc2)nc1-c1cccnc1. The van der Waals surface area contributed by atoms with Gasteiger partial charge in [-0.2, -0.15) is 5.10 Å². The quantitative estimate of drug-likeness (QED) is 0.774. The van der Waals surface area contributed by atoms with Crippen molar-refractivity contribution >= 4 is 22.8 Å². The average Bonchev–Trinajstić information content (AvgIpc) is 3.33. The Kier molecular flexibility index (Phi) is 4.79. The molecular formula is C19H17N5OS. The Morgan fingerprint density at radius 1 is 1.19 bits per heavy atom. The molecule has 1 N–H and O–H groups in total. The first-order valence-electron chi connectivity index (χ1n) is 8.30. The van der Waals surface area contributed by atoms with Crippen LogP contribution in [0.2, 0.25) is 0 Å². The van der Waals surface area contributed by atoms with Crippen LogP contribution in [0.5, 0.6) is 0 Å². The van der Waals surface area contributed by atoms with Gasteiger partial charge in [0.25, 0.3) is 5.91 Å². The first-order valence-corrected chi connectivity index (χ1v) is 9.28. The molecule has 1 aliphatic rings. The van der Waals surface area contributed by atoms with E-state index < -0.39 is 0 Å². The molecule has 0 aliphatic carbocycles. The van der Waals surface area contributed by atoms with Crippen molar-refractivity contribution in [3.63, 3.8) is 0 Å². The summed E-state index contributed by atoms with van der Waals surface area (Å²) < 4.78 is 1.79. The number of hydrogen-bond donors (Lipinski definition) is 1. The van der Waals surface area contributed by atoms with Crippen LogP contribution in [0.1, 0.15) is 15.9 Å². The van der Waals surface area contributed by atoms with Crippen LogP contribution in [0, 0.1) is 0 Å². The molecule has 2 aromatic heterocycles. The van der Waals surface area contributed by atoms with E-state index in [9.17, 15) is 4.79 Å². The van der Waals surface area contributed by atoms with Crippen molar-refractivity contribution < 1.29 is 4.79 Å². The third-order valence-electron chi connectivity index (χ3n) is 3.93. The smallest absolute Gasteiger partial charge is 0.261 e. The maximum absolute atomic E-state index is 12.8. The number of rotatable bonds is 4. The molecule has 0 spiro atoms. The van der Waals surface area contributed by atoms with Crippen molar-refractivity contribution in [2.24, 2.45) is 4.99 Å². The summed E-state index contributed by atoms with van der Waals surface area (Å²) >= 11 is 1.55. The monoisotopic (exact) mass is 363 g/mol. The number of benzene rings is 1. The number of thioether (sulfide) groups is 1. The highest BCUT2D eigenvalue weighted by atomic mass is 32.2. The molecule has 0 fully saturated rings. The number of hydrogen-bond acceptors (Lipinski definition) is 5. The van der Waals surface area contributed by atoms with Crippen LogP contribution in [0.25, 0.3) is 11.3 Å². The molecule has 0 bridgehead atoms. The predicted molar refractivity (Wildman–Crippen MR) is 103 cm³/mol. The molecule has 3 aromatic rings. The van der Waals surface area contributed by atoms with Crippen LogP contribution in [0.4, 0.5) is 0 Å². The highest BCUT2D eigenvalue weighted by Gasteiger charge is 2.20. The van der Waals surface area contributed by atoms with E-state index in [1.165, 1.54) is 0 Å². The minimum Gasteiger partial charge on any atom is -0.301 e. The summed E-state index contributed by atoms with van der Waals surface area (Å²) in [5, 5.41) is 8.19. The molecular weight excluding hydrogens is 346 g/mol. The number of amides is 1. The van der Waals surface area contributed by atoms with Gasteiger partial charge in [-0.1, -0.05) is 42.1 Å². The van der Waals surface area contributed by atoms with Crippen LogP contribution < -0.4 is 5.32 Å². The summed E-state index contributed by atoms with van der Waals surface area (Å²) in [5.74, 6) is 0.703. The van der Waals surface area contributed by atoms with Crippen molar-refractivity contribution in [3.8, 4) is 11.3 Å². The summed E-state index contributed by atoms with van der Waals surface area (Å²) in [5.41, 5.74) is 3.07. The summed E-state index contributed by atoms with van der Waals surface area (Å²) in [7, 11) is 0. The van der Waals surface area contributed by atoms with E-state index in [0.717, 1.165) is 23.4 Å². The Morgan fingerprint density at radius 3 is 2.81 bits per heavy atom. The Hall–Kier alpha value is -2.93. The van der Waals surface area contributed by atoms with E-state index in [2.05, 4.69) is 20.4 Å². The summed E-state index contributed by atoms with van der Waals surface area (Å²) in [6.45, 7) is 1.33. The fourth-order valence-electron chi connectivity index (χ4n) is 2.73. The standard InChI is InChI=1S/C19H17N5OS/c25-18(22-19-21-9-10-26-19)16-13-24(12-14-5-2-1-3-6-14)23-17(16)15-7-4-8-20-11-15/h1-8,11,13H,9-10,12H2,(H,21,22,25). The van der Waals surface area contributed by atoms with E-state index in [1.54, 1.807) is 35.0 Å². The minimum absolute atomic E-state index is 0.198. The lowest BCUT2D eigenvalue weighted by Gasteiger charge is -2.03. The molecule has 1 amide bonds. The number of aromatic nitrogens is 3. The second-order valence-electron chi connectivity index (χ2n) is 5.81. The highest BCUT2D eigenvalue weighted by Crippen LogP contribution is 2.22.